The molecule has 0 spiro atoms. The van der Waals surface area contributed by atoms with Gasteiger partial charge in [0.05, 0.1) is 0 Å². The van der Waals surface area contributed by atoms with Gasteiger partial charge in [-0.3, -0.25) is 9.69 Å². The fraction of sp³-hybridized carbons (Fsp3) is 0.381. The lowest BCUT2D eigenvalue weighted by Crippen LogP contribution is -2.52. The van der Waals surface area contributed by atoms with Crippen LogP contribution in [-0.2, 0) is 0 Å². The van der Waals surface area contributed by atoms with Crippen LogP contribution in [0.15, 0.2) is 48.5 Å². The van der Waals surface area contributed by atoms with E-state index >= 15 is 0 Å². The average Bonchev–Trinajstić information content (AvgIpc) is 3.23. The summed E-state index contributed by atoms with van der Waals surface area (Å²) in [6.07, 6.45) is 1.22. The molecular formula is C21H24ClN3O. The lowest BCUT2D eigenvalue weighted by atomic mass is 10.0. The van der Waals surface area contributed by atoms with Gasteiger partial charge in [0, 0.05) is 54.9 Å². The van der Waals surface area contributed by atoms with Crippen molar-refractivity contribution in [2.45, 2.75) is 12.5 Å². The van der Waals surface area contributed by atoms with E-state index in [4.69, 9.17) is 11.6 Å². The van der Waals surface area contributed by atoms with Gasteiger partial charge in [0.1, 0.15) is 0 Å². The van der Waals surface area contributed by atoms with E-state index in [9.17, 15) is 4.79 Å². The molecule has 1 N–H and O–H groups in total. The van der Waals surface area contributed by atoms with Gasteiger partial charge in [-0.1, -0.05) is 41.9 Å². The lowest BCUT2D eigenvalue weighted by Gasteiger charge is -2.37. The Bertz CT molecular complexity index is 780. The largest absolute Gasteiger partial charge is 0.336 e. The molecule has 1 atom stereocenters. The highest BCUT2D eigenvalue weighted by atomic mass is 35.5. The maximum absolute atomic E-state index is 13.0. The van der Waals surface area contributed by atoms with E-state index < -0.39 is 0 Å². The zero-order valence-corrected chi connectivity index (χ0v) is 15.6. The molecule has 0 radical (unpaired) electrons. The molecule has 0 saturated carbocycles. The van der Waals surface area contributed by atoms with Crippen LogP contribution in [0.4, 0.5) is 0 Å². The third kappa shape index (κ3) is 3.63. The molecule has 0 bridgehead atoms. The minimum Gasteiger partial charge on any atom is -0.336 e. The lowest BCUT2D eigenvalue weighted by molar-refractivity contribution is 0.0584. The van der Waals surface area contributed by atoms with E-state index in [-0.39, 0.29) is 5.91 Å². The Morgan fingerprint density at radius 2 is 1.85 bits per heavy atom. The summed E-state index contributed by atoms with van der Waals surface area (Å²) in [5, 5.41) is 4.13. The first kappa shape index (κ1) is 17.5. The molecule has 2 aromatic carbocycles. The number of carbonyl (C=O) groups excluding carboxylic acids is 1. The Balaban J connectivity index is 1.45. The summed E-state index contributed by atoms with van der Waals surface area (Å²) in [5.74, 6) is 0.114. The number of benzene rings is 2. The molecule has 2 saturated heterocycles. The highest BCUT2D eigenvalue weighted by Crippen LogP contribution is 2.28. The summed E-state index contributed by atoms with van der Waals surface area (Å²) >= 11 is 6.31. The summed E-state index contributed by atoms with van der Waals surface area (Å²) in [6, 6.07) is 16.2. The first-order valence-corrected chi connectivity index (χ1v) is 9.69. The number of rotatable bonds is 3. The maximum Gasteiger partial charge on any atom is 0.253 e. The van der Waals surface area contributed by atoms with E-state index in [2.05, 4.69) is 10.2 Å². The molecule has 26 heavy (non-hydrogen) atoms. The molecule has 5 heteroatoms. The fourth-order valence-corrected chi connectivity index (χ4v) is 4.18. The van der Waals surface area contributed by atoms with Crippen molar-refractivity contribution in [1.82, 2.24) is 15.1 Å². The minimum absolute atomic E-state index is 0.114. The predicted molar refractivity (Wildman–Crippen MR) is 106 cm³/mol. The maximum atomic E-state index is 13.0. The van der Waals surface area contributed by atoms with E-state index in [1.165, 1.54) is 6.42 Å². The smallest absolute Gasteiger partial charge is 0.253 e. The van der Waals surface area contributed by atoms with E-state index in [0.29, 0.717) is 11.1 Å². The average molecular weight is 370 g/mol. The van der Waals surface area contributed by atoms with Crippen LogP contribution in [0.3, 0.4) is 0 Å². The second-order valence-corrected chi connectivity index (χ2v) is 7.44. The van der Waals surface area contributed by atoms with Crippen molar-refractivity contribution < 1.29 is 4.79 Å². The number of piperazine rings is 1. The topological polar surface area (TPSA) is 35.6 Å². The van der Waals surface area contributed by atoms with Gasteiger partial charge in [0.25, 0.3) is 5.91 Å². The van der Waals surface area contributed by atoms with Crippen molar-refractivity contribution in [2.75, 3.05) is 39.3 Å². The molecule has 2 fully saturated rings. The Morgan fingerprint density at radius 3 is 2.58 bits per heavy atom. The molecule has 4 rings (SSSR count). The highest BCUT2D eigenvalue weighted by Gasteiger charge is 2.28. The minimum atomic E-state index is 0.114. The molecule has 0 aromatic heterocycles. The molecular weight excluding hydrogens is 346 g/mol. The first-order chi connectivity index (χ1) is 12.7. The molecule has 2 aromatic rings. The normalized spacial score (nSPS) is 21.1. The van der Waals surface area contributed by atoms with Crippen LogP contribution in [0, 0.1) is 0 Å². The van der Waals surface area contributed by atoms with Crippen LogP contribution in [0.5, 0.6) is 0 Å². The van der Waals surface area contributed by atoms with Crippen molar-refractivity contribution >= 4 is 17.5 Å². The molecule has 1 amide bonds. The summed E-state index contributed by atoms with van der Waals surface area (Å²) in [5.41, 5.74) is 2.68. The monoisotopic (exact) mass is 369 g/mol. The number of nitrogens with zero attached hydrogens (tertiary/aromatic N) is 2. The molecule has 2 aliphatic rings. The van der Waals surface area contributed by atoms with Crippen LogP contribution in [0.25, 0.3) is 11.1 Å². The van der Waals surface area contributed by atoms with Crippen molar-refractivity contribution in [1.29, 1.82) is 0 Å². The highest BCUT2D eigenvalue weighted by molar-refractivity contribution is 6.33. The van der Waals surface area contributed by atoms with Gasteiger partial charge in [-0.05, 0) is 36.7 Å². The zero-order chi connectivity index (χ0) is 17.9. The Kier molecular flexibility index (Phi) is 5.25. The molecule has 2 heterocycles. The Morgan fingerprint density at radius 1 is 1.04 bits per heavy atom. The Labute approximate surface area is 159 Å². The summed E-state index contributed by atoms with van der Waals surface area (Å²) < 4.78 is 0. The molecule has 4 nitrogen and oxygen atoms in total. The van der Waals surface area contributed by atoms with E-state index in [1.54, 1.807) is 0 Å². The van der Waals surface area contributed by atoms with Gasteiger partial charge in [-0.2, -0.15) is 0 Å². The number of hydrogen-bond donors (Lipinski definition) is 1. The van der Waals surface area contributed by atoms with Crippen molar-refractivity contribution in [2.24, 2.45) is 0 Å². The first-order valence-electron chi connectivity index (χ1n) is 9.31. The van der Waals surface area contributed by atoms with Crippen molar-refractivity contribution in [3.05, 3.63) is 59.1 Å². The van der Waals surface area contributed by atoms with Crippen LogP contribution < -0.4 is 5.32 Å². The molecule has 136 valence electrons. The van der Waals surface area contributed by atoms with Crippen LogP contribution in [0.1, 0.15) is 16.8 Å². The van der Waals surface area contributed by atoms with Crippen LogP contribution in [-0.4, -0.2) is 61.0 Å². The summed E-state index contributed by atoms with van der Waals surface area (Å²) in [7, 11) is 0. The van der Waals surface area contributed by atoms with Gasteiger partial charge in [-0.15, -0.1) is 0 Å². The van der Waals surface area contributed by atoms with Crippen LogP contribution >= 0.6 is 11.6 Å². The van der Waals surface area contributed by atoms with Crippen molar-refractivity contribution in [3.63, 3.8) is 0 Å². The fourth-order valence-electron chi connectivity index (χ4n) is 3.94. The molecule has 0 unspecified atom stereocenters. The zero-order valence-electron chi connectivity index (χ0n) is 14.8. The third-order valence-electron chi connectivity index (χ3n) is 5.45. The number of amides is 1. The Hall–Kier alpha value is -1.88. The number of carbonyl (C=O) groups is 1. The van der Waals surface area contributed by atoms with E-state index in [0.717, 1.165) is 56.0 Å². The molecule has 2 aliphatic heterocycles. The van der Waals surface area contributed by atoms with Crippen LogP contribution in [0.2, 0.25) is 5.02 Å². The van der Waals surface area contributed by atoms with Crippen molar-refractivity contribution in [3.8, 4) is 11.1 Å². The number of hydrogen-bond acceptors (Lipinski definition) is 3. The van der Waals surface area contributed by atoms with Gasteiger partial charge in [0.15, 0.2) is 0 Å². The van der Waals surface area contributed by atoms with Gasteiger partial charge in [0.2, 0.25) is 0 Å². The van der Waals surface area contributed by atoms with Gasteiger partial charge in [-0.25, -0.2) is 0 Å². The standard InChI is InChI=1S/C21H24ClN3O/c22-20-7-2-1-6-19(20)16-4-3-5-17(14-16)21(26)25-12-10-24(11-13-25)18-8-9-23-15-18/h1-7,14,18,23H,8-13,15H2/t18-/m0/s1. The molecule has 0 aliphatic carbocycles. The summed E-state index contributed by atoms with van der Waals surface area (Å²) in [6.45, 7) is 5.70. The predicted octanol–water partition coefficient (Wildman–Crippen LogP) is 3.13. The number of nitrogens with one attached hydrogen (secondary N) is 1. The SMILES string of the molecule is O=C(c1cccc(-c2ccccc2Cl)c1)N1CCN([C@H]2CCNC2)CC1. The van der Waals surface area contributed by atoms with E-state index in [1.807, 2.05) is 53.4 Å². The third-order valence-corrected chi connectivity index (χ3v) is 5.78. The number of halogens is 1. The van der Waals surface area contributed by atoms with Gasteiger partial charge >= 0.3 is 0 Å². The second-order valence-electron chi connectivity index (χ2n) is 7.04. The quantitative estimate of drug-likeness (QED) is 0.902. The van der Waals surface area contributed by atoms with Gasteiger partial charge < -0.3 is 10.2 Å². The summed E-state index contributed by atoms with van der Waals surface area (Å²) in [4.78, 5) is 17.5. The second kappa shape index (κ2) is 7.78.